The van der Waals surface area contributed by atoms with Crippen LogP contribution in [0.5, 0.6) is 11.5 Å². The summed E-state index contributed by atoms with van der Waals surface area (Å²) in [5.41, 5.74) is 2.58. The zero-order chi connectivity index (χ0) is 18.2. The highest BCUT2D eigenvalue weighted by atomic mass is 16.6. The number of nitriles is 2. The molecule has 25 heavy (non-hydrogen) atoms. The van der Waals surface area contributed by atoms with Gasteiger partial charge >= 0.3 is 5.97 Å². The standard InChI is InChI=1S/C20H16N2O3/c1-14-4-3-5-15(2)20(14)24-13-19(23)25-18-8-6-16(7-9-18)10-17(11-21)12-22/h3-10H,13H2,1-2H3. The average Bonchev–Trinajstić information content (AvgIpc) is 2.60. The number of esters is 1. The van der Waals surface area contributed by atoms with E-state index in [-0.39, 0.29) is 12.2 Å². The summed E-state index contributed by atoms with van der Waals surface area (Å²) in [6, 6.07) is 15.8. The van der Waals surface area contributed by atoms with Gasteiger partial charge in [0.05, 0.1) is 0 Å². The van der Waals surface area contributed by atoms with Gasteiger partial charge in [0.15, 0.2) is 6.61 Å². The molecule has 5 nitrogen and oxygen atoms in total. The number of para-hydroxylation sites is 1. The number of carbonyl (C=O) groups is 1. The maximum absolute atomic E-state index is 11.9. The molecule has 0 saturated carbocycles. The molecule has 0 aliphatic rings. The van der Waals surface area contributed by atoms with Crippen LogP contribution in [-0.2, 0) is 4.79 Å². The summed E-state index contributed by atoms with van der Waals surface area (Å²) >= 11 is 0. The van der Waals surface area contributed by atoms with Gasteiger partial charge in [-0.15, -0.1) is 0 Å². The Morgan fingerprint density at radius 2 is 1.64 bits per heavy atom. The predicted octanol–water partition coefficient (Wildman–Crippen LogP) is 3.72. The maximum Gasteiger partial charge on any atom is 0.349 e. The molecule has 5 heteroatoms. The van der Waals surface area contributed by atoms with Gasteiger partial charge in [-0.3, -0.25) is 0 Å². The van der Waals surface area contributed by atoms with Gasteiger partial charge in [-0.1, -0.05) is 30.3 Å². The number of carbonyl (C=O) groups excluding carboxylic acids is 1. The molecular weight excluding hydrogens is 316 g/mol. The number of allylic oxidation sites excluding steroid dienone is 1. The normalized spacial score (nSPS) is 9.44. The Balaban J connectivity index is 1.96. The van der Waals surface area contributed by atoms with Crippen LogP contribution in [0, 0.1) is 36.5 Å². The first-order valence-electron chi connectivity index (χ1n) is 7.55. The highest BCUT2D eigenvalue weighted by Crippen LogP contribution is 2.22. The highest BCUT2D eigenvalue weighted by molar-refractivity contribution is 5.74. The molecule has 0 aliphatic heterocycles. The SMILES string of the molecule is Cc1cccc(C)c1OCC(=O)Oc1ccc(C=C(C#N)C#N)cc1. The van der Waals surface area contributed by atoms with Crippen LogP contribution in [0.4, 0.5) is 0 Å². The van der Waals surface area contributed by atoms with E-state index >= 15 is 0 Å². The van der Waals surface area contributed by atoms with Crippen molar-refractivity contribution in [3.63, 3.8) is 0 Å². The fourth-order valence-electron chi connectivity index (χ4n) is 2.21. The van der Waals surface area contributed by atoms with Crippen LogP contribution < -0.4 is 9.47 Å². The number of aryl methyl sites for hydroxylation is 2. The van der Waals surface area contributed by atoms with Crippen LogP contribution >= 0.6 is 0 Å². The van der Waals surface area contributed by atoms with Crippen molar-refractivity contribution >= 4 is 12.0 Å². The fourth-order valence-corrected chi connectivity index (χ4v) is 2.21. The Labute approximate surface area is 146 Å². The molecule has 0 N–H and O–H groups in total. The number of hydrogen-bond donors (Lipinski definition) is 0. The van der Waals surface area contributed by atoms with Crippen molar-refractivity contribution in [2.24, 2.45) is 0 Å². The lowest BCUT2D eigenvalue weighted by atomic mass is 10.1. The smallest absolute Gasteiger partial charge is 0.349 e. The molecular formula is C20H16N2O3. The van der Waals surface area contributed by atoms with E-state index in [1.807, 2.05) is 32.0 Å². The molecule has 0 radical (unpaired) electrons. The van der Waals surface area contributed by atoms with Crippen LogP contribution in [0.2, 0.25) is 0 Å². The van der Waals surface area contributed by atoms with Gasteiger partial charge in [0.1, 0.15) is 29.2 Å². The first-order chi connectivity index (χ1) is 12.0. The average molecular weight is 332 g/mol. The number of ether oxygens (including phenoxy) is 2. The minimum absolute atomic E-state index is 0.00625. The van der Waals surface area contributed by atoms with Crippen molar-refractivity contribution in [2.45, 2.75) is 13.8 Å². The van der Waals surface area contributed by atoms with Crippen LogP contribution in [0.3, 0.4) is 0 Å². The maximum atomic E-state index is 11.9. The van der Waals surface area contributed by atoms with Crippen LogP contribution in [0.1, 0.15) is 16.7 Å². The Morgan fingerprint density at radius 3 is 2.20 bits per heavy atom. The first kappa shape index (κ1) is 17.8. The molecule has 0 unspecified atom stereocenters. The van der Waals surface area contributed by atoms with Crippen molar-refractivity contribution < 1.29 is 14.3 Å². The van der Waals surface area contributed by atoms with Crippen molar-refractivity contribution in [3.8, 4) is 23.6 Å². The summed E-state index contributed by atoms with van der Waals surface area (Å²) in [5, 5.41) is 17.5. The Kier molecular flexibility index (Phi) is 5.92. The van der Waals surface area contributed by atoms with Gasteiger partial charge in [0, 0.05) is 0 Å². The third-order valence-electron chi connectivity index (χ3n) is 3.41. The van der Waals surface area contributed by atoms with E-state index in [1.54, 1.807) is 36.4 Å². The molecule has 0 fully saturated rings. The topological polar surface area (TPSA) is 83.1 Å². The second kappa shape index (κ2) is 8.33. The molecule has 0 bridgehead atoms. The summed E-state index contributed by atoms with van der Waals surface area (Å²) in [6.07, 6.45) is 1.45. The second-order valence-corrected chi connectivity index (χ2v) is 5.33. The van der Waals surface area contributed by atoms with Crippen LogP contribution in [0.15, 0.2) is 48.0 Å². The van der Waals surface area contributed by atoms with E-state index in [0.717, 1.165) is 11.1 Å². The minimum Gasteiger partial charge on any atom is -0.481 e. The van der Waals surface area contributed by atoms with E-state index < -0.39 is 5.97 Å². The predicted molar refractivity (Wildman–Crippen MR) is 92.7 cm³/mol. The lowest BCUT2D eigenvalue weighted by molar-refractivity contribution is -0.136. The van der Waals surface area contributed by atoms with Crippen molar-refractivity contribution in [1.29, 1.82) is 10.5 Å². The lowest BCUT2D eigenvalue weighted by Gasteiger charge is -2.11. The highest BCUT2D eigenvalue weighted by Gasteiger charge is 2.09. The van der Waals surface area contributed by atoms with E-state index in [1.165, 1.54) is 6.08 Å². The van der Waals surface area contributed by atoms with Gasteiger partial charge in [-0.25, -0.2) is 4.79 Å². The summed E-state index contributed by atoms with van der Waals surface area (Å²) in [4.78, 5) is 11.9. The van der Waals surface area contributed by atoms with E-state index in [4.69, 9.17) is 20.0 Å². The summed E-state index contributed by atoms with van der Waals surface area (Å²) < 4.78 is 10.8. The van der Waals surface area contributed by atoms with Gasteiger partial charge in [-0.05, 0) is 48.7 Å². The zero-order valence-electron chi connectivity index (χ0n) is 13.9. The molecule has 0 aliphatic carbocycles. The quantitative estimate of drug-likeness (QED) is 0.473. The molecule has 0 atom stereocenters. The van der Waals surface area contributed by atoms with E-state index in [9.17, 15) is 4.79 Å². The molecule has 0 saturated heterocycles. The van der Waals surface area contributed by atoms with Gasteiger partial charge in [0.25, 0.3) is 0 Å². The monoisotopic (exact) mass is 332 g/mol. The number of nitrogens with zero attached hydrogens (tertiary/aromatic N) is 2. The second-order valence-electron chi connectivity index (χ2n) is 5.33. The Hall–Kier alpha value is -3.57. The minimum atomic E-state index is -0.513. The molecule has 2 aromatic rings. The van der Waals surface area contributed by atoms with Crippen LogP contribution in [-0.4, -0.2) is 12.6 Å². The van der Waals surface area contributed by atoms with Crippen molar-refractivity contribution in [1.82, 2.24) is 0 Å². The fraction of sp³-hybridized carbons (Fsp3) is 0.150. The summed E-state index contributed by atoms with van der Waals surface area (Å²) in [5.74, 6) is 0.531. The molecule has 124 valence electrons. The number of benzene rings is 2. The number of hydrogen-bond acceptors (Lipinski definition) is 5. The van der Waals surface area contributed by atoms with Gasteiger partial charge in [-0.2, -0.15) is 10.5 Å². The van der Waals surface area contributed by atoms with Gasteiger partial charge in [0.2, 0.25) is 0 Å². The molecule has 0 amide bonds. The summed E-state index contributed by atoms with van der Waals surface area (Å²) in [7, 11) is 0. The van der Waals surface area contributed by atoms with Crippen LogP contribution in [0.25, 0.3) is 6.08 Å². The largest absolute Gasteiger partial charge is 0.481 e. The van der Waals surface area contributed by atoms with E-state index in [2.05, 4.69) is 0 Å². The van der Waals surface area contributed by atoms with Gasteiger partial charge < -0.3 is 9.47 Å². The zero-order valence-corrected chi connectivity index (χ0v) is 13.9. The molecule has 2 aromatic carbocycles. The van der Waals surface area contributed by atoms with E-state index in [0.29, 0.717) is 17.1 Å². The third kappa shape index (κ3) is 4.95. The Morgan fingerprint density at radius 1 is 1.04 bits per heavy atom. The Bertz CT molecular complexity index is 848. The molecule has 0 spiro atoms. The molecule has 0 aromatic heterocycles. The van der Waals surface area contributed by atoms with Crippen molar-refractivity contribution in [3.05, 3.63) is 64.7 Å². The third-order valence-corrected chi connectivity index (χ3v) is 3.41. The lowest BCUT2D eigenvalue weighted by Crippen LogP contribution is -2.18. The molecule has 0 heterocycles. The molecule has 2 rings (SSSR count). The first-order valence-corrected chi connectivity index (χ1v) is 7.55. The summed E-state index contributed by atoms with van der Waals surface area (Å²) in [6.45, 7) is 3.63. The number of rotatable bonds is 5. The van der Waals surface area contributed by atoms with Crippen molar-refractivity contribution in [2.75, 3.05) is 6.61 Å².